The first-order chi connectivity index (χ1) is 7.27. The molecule has 1 aromatic carbocycles. The van der Waals surface area contributed by atoms with Gasteiger partial charge in [0.1, 0.15) is 0 Å². The van der Waals surface area contributed by atoms with Crippen molar-refractivity contribution in [1.29, 1.82) is 0 Å². The van der Waals surface area contributed by atoms with Crippen LogP contribution in [0.1, 0.15) is 6.92 Å². The first-order valence-corrected chi connectivity index (χ1v) is 7.81. The van der Waals surface area contributed by atoms with E-state index in [0.717, 1.165) is 13.4 Å². The standard InChI is InChI=1S/C6H2Br3.C4H6O2.Sn/c7-4-2-1-3-5(8)6(4)9;1-3(2)4(5)6;/h1-2H;1H2,2H3,(H,5,6);. The number of hydrogen-bond acceptors (Lipinski definition) is 1. The number of carboxylic acids is 1. The van der Waals surface area contributed by atoms with Crippen LogP contribution in [0.2, 0.25) is 0 Å². The first-order valence-electron chi connectivity index (χ1n) is 4.01. The zero-order chi connectivity index (χ0) is 12.9. The van der Waals surface area contributed by atoms with Gasteiger partial charge in [-0.3, -0.25) is 0 Å². The predicted octanol–water partition coefficient (Wildman–Crippen LogP) is 3.42. The van der Waals surface area contributed by atoms with E-state index in [4.69, 9.17) is 5.11 Å². The van der Waals surface area contributed by atoms with Gasteiger partial charge >= 0.3 is 105 Å². The van der Waals surface area contributed by atoms with Gasteiger partial charge in [-0.1, -0.05) is 6.58 Å². The van der Waals surface area contributed by atoms with Crippen LogP contribution in [-0.4, -0.2) is 33.6 Å². The van der Waals surface area contributed by atoms with E-state index in [9.17, 15) is 4.79 Å². The second-order valence-electron chi connectivity index (χ2n) is 2.81. The fraction of sp³-hybridized carbons (Fsp3) is 0.100. The van der Waals surface area contributed by atoms with Crippen LogP contribution >= 0.6 is 47.8 Å². The van der Waals surface area contributed by atoms with Gasteiger partial charge < -0.3 is 5.11 Å². The molecular formula is C10H8Br3O2Sn. The number of carbonyl (C=O) groups is 1. The predicted molar refractivity (Wildman–Crippen MR) is 77.4 cm³/mol. The first kappa shape index (κ1) is 16.7. The van der Waals surface area contributed by atoms with Crippen LogP contribution in [0, 0.1) is 0 Å². The second-order valence-corrected chi connectivity index (χ2v) is 6.79. The second kappa shape index (κ2) is 7.89. The minimum atomic E-state index is -0.935. The Labute approximate surface area is 133 Å². The fourth-order valence-corrected chi connectivity index (χ4v) is 2.93. The summed E-state index contributed by atoms with van der Waals surface area (Å²) < 4.78 is 4.66. The normalized spacial score (nSPS) is 9.06. The van der Waals surface area contributed by atoms with E-state index in [0.29, 0.717) is 0 Å². The van der Waals surface area contributed by atoms with Crippen molar-refractivity contribution in [3.8, 4) is 0 Å². The van der Waals surface area contributed by atoms with E-state index in [-0.39, 0.29) is 5.57 Å². The van der Waals surface area contributed by atoms with Gasteiger partial charge in [0, 0.05) is 5.57 Å². The minimum absolute atomic E-state index is 0.176. The fourth-order valence-electron chi connectivity index (χ4n) is 0.526. The number of aliphatic carboxylic acids is 1. The van der Waals surface area contributed by atoms with Crippen LogP contribution in [0.3, 0.4) is 0 Å². The van der Waals surface area contributed by atoms with Crippen molar-refractivity contribution < 1.29 is 9.90 Å². The van der Waals surface area contributed by atoms with E-state index in [2.05, 4.69) is 60.4 Å². The zero-order valence-corrected chi connectivity index (χ0v) is 16.0. The summed E-state index contributed by atoms with van der Waals surface area (Å²) in [6, 6.07) is 4.14. The van der Waals surface area contributed by atoms with Crippen LogP contribution in [-0.2, 0) is 4.79 Å². The zero-order valence-electron chi connectivity index (χ0n) is 8.35. The van der Waals surface area contributed by atoms with Crippen molar-refractivity contribution in [2.24, 2.45) is 0 Å². The number of halogens is 3. The molecule has 0 saturated heterocycles. The molecule has 0 amide bonds. The van der Waals surface area contributed by atoms with E-state index >= 15 is 0 Å². The van der Waals surface area contributed by atoms with Crippen LogP contribution in [0.15, 0.2) is 37.7 Å². The van der Waals surface area contributed by atoms with Crippen LogP contribution in [0.4, 0.5) is 0 Å². The van der Waals surface area contributed by atoms with E-state index in [1.807, 2.05) is 6.07 Å². The van der Waals surface area contributed by atoms with Crippen molar-refractivity contribution in [3.63, 3.8) is 0 Å². The van der Waals surface area contributed by atoms with Gasteiger partial charge in [0.2, 0.25) is 0 Å². The smallest absolute Gasteiger partial charge is 0.330 e. The van der Waals surface area contributed by atoms with Crippen molar-refractivity contribution in [2.75, 3.05) is 0 Å². The number of hydrogen-bond donors (Lipinski definition) is 1. The van der Waals surface area contributed by atoms with E-state index < -0.39 is 5.97 Å². The topological polar surface area (TPSA) is 37.3 Å². The molecule has 0 aliphatic heterocycles. The van der Waals surface area contributed by atoms with Gasteiger partial charge in [-0.05, 0) is 6.92 Å². The summed E-state index contributed by atoms with van der Waals surface area (Å²) >= 11 is 11.8. The number of carboxylic acid groups (broad SMARTS) is 1. The quantitative estimate of drug-likeness (QED) is 0.352. The maximum absolute atomic E-state index is 9.60. The Morgan fingerprint density at radius 2 is 1.75 bits per heavy atom. The molecule has 0 fully saturated rings. The molecule has 6 heteroatoms. The molecule has 16 heavy (non-hydrogen) atoms. The van der Waals surface area contributed by atoms with Gasteiger partial charge in [-0.2, -0.15) is 0 Å². The molecule has 0 unspecified atom stereocenters. The Morgan fingerprint density at radius 1 is 1.31 bits per heavy atom. The molecule has 0 atom stereocenters. The van der Waals surface area contributed by atoms with Crippen molar-refractivity contribution >= 4 is 79.9 Å². The van der Waals surface area contributed by atoms with Crippen molar-refractivity contribution in [2.45, 2.75) is 6.92 Å². The van der Waals surface area contributed by atoms with Crippen LogP contribution in [0.5, 0.6) is 0 Å². The maximum atomic E-state index is 9.60. The van der Waals surface area contributed by atoms with Crippen LogP contribution in [0.25, 0.3) is 0 Å². The van der Waals surface area contributed by atoms with Gasteiger partial charge in [0.25, 0.3) is 0 Å². The molecule has 1 N–H and O–H groups in total. The molecule has 0 spiro atoms. The monoisotopic (exact) mass is 517 g/mol. The summed E-state index contributed by atoms with van der Waals surface area (Å²) in [5, 5.41) is 7.89. The molecule has 0 aliphatic rings. The number of rotatable bonds is 1. The Morgan fingerprint density at radius 3 is 2.06 bits per heavy atom. The maximum Gasteiger partial charge on any atom is 0.330 e. The molecule has 0 bridgehead atoms. The summed E-state index contributed by atoms with van der Waals surface area (Å²) in [6.45, 7) is 4.60. The number of benzene rings is 1. The van der Waals surface area contributed by atoms with E-state index in [1.165, 1.54) is 33.0 Å². The average Bonchev–Trinajstić information content (AvgIpc) is 2.21. The third-order valence-electron chi connectivity index (χ3n) is 1.40. The summed E-state index contributed by atoms with van der Waals surface area (Å²) in [4.78, 5) is 9.60. The molecule has 2 nitrogen and oxygen atoms in total. The molecule has 0 aliphatic carbocycles. The average molecular weight is 519 g/mol. The molecule has 0 heterocycles. The molecular weight excluding hydrogens is 511 g/mol. The van der Waals surface area contributed by atoms with Crippen molar-refractivity contribution in [3.05, 3.63) is 37.7 Å². The minimum Gasteiger partial charge on any atom is -0.478 e. The molecule has 1 rings (SSSR count). The molecule has 85 valence electrons. The largest absolute Gasteiger partial charge is 0.478 e. The van der Waals surface area contributed by atoms with Gasteiger partial charge in [-0.25, -0.2) is 4.79 Å². The van der Waals surface area contributed by atoms with Crippen molar-refractivity contribution in [1.82, 2.24) is 0 Å². The summed E-state index contributed by atoms with van der Waals surface area (Å²) in [6.07, 6.45) is 0. The van der Waals surface area contributed by atoms with E-state index in [1.54, 1.807) is 0 Å². The Hall–Kier alpha value is 0.669. The third-order valence-corrected chi connectivity index (χ3v) is 7.01. The summed E-state index contributed by atoms with van der Waals surface area (Å²) in [7, 11) is 0. The Balaban J connectivity index is 0.000000325. The molecule has 0 aromatic heterocycles. The molecule has 0 saturated carbocycles. The SMILES string of the molecule is Brc1cc[c]([Sn])c(Br)c1Br.C=C(C)C(=O)O. The summed E-state index contributed by atoms with van der Waals surface area (Å²) in [5.41, 5.74) is 0.176. The van der Waals surface area contributed by atoms with Gasteiger partial charge in [0.15, 0.2) is 0 Å². The molecule has 1 aromatic rings. The van der Waals surface area contributed by atoms with Gasteiger partial charge in [0.05, 0.1) is 0 Å². The van der Waals surface area contributed by atoms with Crippen LogP contribution < -0.4 is 3.58 Å². The Kier molecular flexibility index (Phi) is 8.22. The van der Waals surface area contributed by atoms with Gasteiger partial charge in [-0.15, -0.1) is 0 Å². The Bertz CT molecular complexity index is 380. The molecule has 3 radical (unpaired) electrons. The third kappa shape index (κ3) is 5.84. The summed E-state index contributed by atoms with van der Waals surface area (Å²) in [5.74, 6) is -0.935.